The Morgan fingerprint density at radius 1 is 1.26 bits per heavy atom. The quantitative estimate of drug-likeness (QED) is 0.891. The van der Waals surface area contributed by atoms with Crippen molar-refractivity contribution in [2.75, 3.05) is 5.32 Å². The molecule has 0 aliphatic carbocycles. The standard InChI is InChI=1S/C18H17BrN2O2/c1-11-9-14(7-8-16(11)19)20-17(22)12(2)21-10-13-5-3-4-6-15(13)18(21)23/h3-9,12H,10H2,1-2H3,(H,20,22). The van der Waals surface area contributed by atoms with Crippen LogP contribution in [0.2, 0.25) is 0 Å². The molecule has 2 aromatic rings. The fourth-order valence-corrected chi connectivity index (χ4v) is 2.95. The van der Waals surface area contributed by atoms with Crippen molar-refractivity contribution >= 4 is 33.4 Å². The highest BCUT2D eigenvalue weighted by molar-refractivity contribution is 9.10. The van der Waals surface area contributed by atoms with Crippen LogP contribution in [0.25, 0.3) is 0 Å². The number of nitrogens with one attached hydrogen (secondary N) is 1. The van der Waals surface area contributed by atoms with Gasteiger partial charge in [-0.05, 0) is 49.2 Å². The molecule has 1 unspecified atom stereocenters. The number of carbonyl (C=O) groups is 2. The van der Waals surface area contributed by atoms with E-state index in [-0.39, 0.29) is 11.8 Å². The Bertz CT molecular complexity index is 788. The number of aryl methyl sites for hydroxylation is 1. The van der Waals surface area contributed by atoms with Gasteiger partial charge in [-0.1, -0.05) is 34.1 Å². The Hall–Kier alpha value is -2.14. The lowest BCUT2D eigenvalue weighted by molar-refractivity contribution is -0.120. The number of rotatable bonds is 3. The smallest absolute Gasteiger partial charge is 0.255 e. The van der Waals surface area contributed by atoms with E-state index in [4.69, 9.17) is 0 Å². The number of nitrogens with zero attached hydrogens (tertiary/aromatic N) is 1. The summed E-state index contributed by atoms with van der Waals surface area (Å²) in [6.45, 7) is 4.19. The van der Waals surface area contributed by atoms with E-state index in [0.717, 1.165) is 21.3 Å². The molecule has 0 saturated carbocycles. The molecule has 2 aromatic carbocycles. The number of hydrogen-bond acceptors (Lipinski definition) is 2. The normalized spacial score (nSPS) is 14.6. The SMILES string of the molecule is Cc1cc(NC(=O)C(C)N2Cc3ccccc3C2=O)ccc1Br. The first kappa shape index (κ1) is 15.7. The highest BCUT2D eigenvalue weighted by atomic mass is 79.9. The lowest BCUT2D eigenvalue weighted by Crippen LogP contribution is -2.42. The summed E-state index contributed by atoms with van der Waals surface area (Å²) < 4.78 is 0.994. The van der Waals surface area contributed by atoms with Gasteiger partial charge in [0.25, 0.3) is 5.91 Å². The Morgan fingerprint density at radius 3 is 2.70 bits per heavy atom. The first-order valence-electron chi connectivity index (χ1n) is 7.43. The minimum absolute atomic E-state index is 0.0877. The summed E-state index contributed by atoms with van der Waals surface area (Å²) in [6, 6.07) is 12.6. The lowest BCUT2D eigenvalue weighted by Gasteiger charge is -2.23. The number of hydrogen-bond donors (Lipinski definition) is 1. The van der Waals surface area contributed by atoms with Crippen molar-refractivity contribution in [3.05, 3.63) is 63.6 Å². The Labute approximate surface area is 143 Å². The molecule has 5 heteroatoms. The van der Waals surface area contributed by atoms with Gasteiger partial charge in [-0.15, -0.1) is 0 Å². The van der Waals surface area contributed by atoms with E-state index < -0.39 is 6.04 Å². The van der Waals surface area contributed by atoms with Crippen LogP contribution >= 0.6 is 15.9 Å². The molecule has 1 heterocycles. The van der Waals surface area contributed by atoms with Crippen LogP contribution in [-0.4, -0.2) is 22.8 Å². The average Bonchev–Trinajstić information content (AvgIpc) is 2.87. The van der Waals surface area contributed by atoms with Gasteiger partial charge in [-0.2, -0.15) is 0 Å². The molecule has 0 spiro atoms. The van der Waals surface area contributed by atoms with Crippen LogP contribution in [-0.2, 0) is 11.3 Å². The van der Waals surface area contributed by atoms with Crippen LogP contribution in [0.3, 0.4) is 0 Å². The molecule has 23 heavy (non-hydrogen) atoms. The van der Waals surface area contributed by atoms with Gasteiger partial charge in [0.05, 0.1) is 0 Å². The zero-order chi connectivity index (χ0) is 16.6. The summed E-state index contributed by atoms with van der Waals surface area (Å²) in [5.41, 5.74) is 3.43. The summed E-state index contributed by atoms with van der Waals surface area (Å²) in [5.74, 6) is -0.275. The second-order valence-electron chi connectivity index (χ2n) is 5.72. The van der Waals surface area contributed by atoms with Crippen LogP contribution in [0.15, 0.2) is 46.9 Å². The van der Waals surface area contributed by atoms with Crippen LogP contribution in [0.5, 0.6) is 0 Å². The fourth-order valence-electron chi connectivity index (χ4n) is 2.70. The monoisotopic (exact) mass is 372 g/mol. The van der Waals surface area contributed by atoms with E-state index >= 15 is 0 Å². The van der Waals surface area contributed by atoms with E-state index in [0.29, 0.717) is 12.1 Å². The minimum atomic E-state index is -0.529. The highest BCUT2D eigenvalue weighted by Gasteiger charge is 2.33. The molecule has 118 valence electrons. The van der Waals surface area contributed by atoms with E-state index in [9.17, 15) is 9.59 Å². The van der Waals surface area contributed by atoms with Gasteiger partial charge in [-0.25, -0.2) is 0 Å². The molecule has 1 N–H and O–H groups in total. The summed E-state index contributed by atoms with van der Waals surface area (Å²) in [6.07, 6.45) is 0. The van der Waals surface area contributed by atoms with Crippen molar-refractivity contribution < 1.29 is 9.59 Å². The fraction of sp³-hybridized carbons (Fsp3) is 0.222. The number of amides is 2. The minimum Gasteiger partial charge on any atom is -0.324 e. The van der Waals surface area contributed by atoms with Crippen molar-refractivity contribution in [3.8, 4) is 0 Å². The average molecular weight is 373 g/mol. The van der Waals surface area contributed by atoms with Crippen molar-refractivity contribution in [2.24, 2.45) is 0 Å². The third-order valence-electron chi connectivity index (χ3n) is 4.12. The predicted octanol–water partition coefficient (Wildman–Crippen LogP) is 3.74. The van der Waals surface area contributed by atoms with Gasteiger partial charge in [0.2, 0.25) is 5.91 Å². The van der Waals surface area contributed by atoms with E-state index in [2.05, 4.69) is 21.2 Å². The molecule has 1 aliphatic heterocycles. The molecule has 1 atom stereocenters. The zero-order valence-electron chi connectivity index (χ0n) is 13.0. The van der Waals surface area contributed by atoms with Gasteiger partial charge < -0.3 is 10.2 Å². The molecule has 0 radical (unpaired) electrons. The molecule has 0 fully saturated rings. The van der Waals surface area contributed by atoms with Crippen molar-refractivity contribution in [1.29, 1.82) is 0 Å². The zero-order valence-corrected chi connectivity index (χ0v) is 14.6. The summed E-state index contributed by atoms with van der Waals surface area (Å²) in [5, 5.41) is 2.88. The largest absolute Gasteiger partial charge is 0.324 e. The molecule has 3 rings (SSSR count). The topological polar surface area (TPSA) is 49.4 Å². The van der Waals surface area contributed by atoms with Crippen LogP contribution in [0, 0.1) is 6.92 Å². The number of halogens is 1. The maximum Gasteiger partial charge on any atom is 0.255 e. The number of anilines is 1. The van der Waals surface area contributed by atoms with Crippen LogP contribution < -0.4 is 5.32 Å². The number of benzene rings is 2. The second kappa shape index (κ2) is 6.16. The maximum absolute atomic E-state index is 12.5. The lowest BCUT2D eigenvalue weighted by atomic mass is 10.1. The van der Waals surface area contributed by atoms with Crippen LogP contribution in [0.1, 0.15) is 28.4 Å². The molecule has 0 saturated heterocycles. The Balaban J connectivity index is 1.73. The Kier molecular flexibility index (Phi) is 4.22. The summed E-state index contributed by atoms with van der Waals surface area (Å²) >= 11 is 3.44. The second-order valence-corrected chi connectivity index (χ2v) is 6.57. The van der Waals surface area contributed by atoms with Crippen molar-refractivity contribution in [1.82, 2.24) is 4.90 Å². The van der Waals surface area contributed by atoms with Crippen molar-refractivity contribution in [2.45, 2.75) is 26.4 Å². The Morgan fingerprint density at radius 2 is 2.00 bits per heavy atom. The number of fused-ring (bicyclic) bond motifs is 1. The number of carbonyl (C=O) groups excluding carboxylic acids is 2. The first-order chi connectivity index (χ1) is 11.0. The first-order valence-corrected chi connectivity index (χ1v) is 8.22. The van der Waals surface area contributed by atoms with E-state index in [1.54, 1.807) is 17.9 Å². The van der Waals surface area contributed by atoms with Gasteiger partial charge in [0.15, 0.2) is 0 Å². The molecular formula is C18H17BrN2O2. The molecule has 0 aromatic heterocycles. The van der Waals surface area contributed by atoms with E-state index in [1.165, 1.54) is 0 Å². The third kappa shape index (κ3) is 3.01. The highest BCUT2D eigenvalue weighted by Crippen LogP contribution is 2.25. The molecular weight excluding hydrogens is 356 g/mol. The summed E-state index contributed by atoms with van der Waals surface area (Å²) in [7, 11) is 0. The molecule has 0 bridgehead atoms. The maximum atomic E-state index is 12.5. The van der Waals surface area contributed by atoms with E-state index in [1.807, 2.05) is 43.3 Å². The third-order valence-corrected chi connectivity index (χ3v) is 5.01. The van der Waals surface area contributed by atoms with Gasteiger partial charge >= 0.3 is 0 Å². The molecule has 4 nitrogen and oxygen atoms in total. The van der Waals surface area contributed by atoms with Crippen LogP contribution in [0.4, 0.5) is 5.69 Å². The molecule has 2 amide bonds. The molecule has 1 aliphatic rings. The van der Waals surface area contributed by atoms with Gasteiger partial charge in [0, 0.05) is 22.3 Å². The summed E-state index contributed by atoms with van der Waals surface area (Å²) in [4.78, 5) is 26.5. The van der Waals surface area contributed by atoms with Gasteiger partial charge in [-0.3, -0.25) is 9.59 Å². The van der Waals surface area contributed by atoms with Gasteiger partial charge in [0.1, 0.15) is 6.04 Å². The van der Waals surface area contributed by atoms with Crippen molar-refractivity contribution in [3.63, 3.8) is 0 Å². The predicted molar refractivity (Wildman–Crippen MR) is 93.3 cm³/mol.